The average Bonchev–Trinajstić information content (AvgIpc) is 2.98. The van der Waals surface area contributed by atoms with Gasteiger partial charge in [-0.2, -0.15) is 0 Å². The molecule has 0 aromatic rings. The second-order valence-corrected chi connectivity index (χ2v) is 6.98. The van der Waals surface area contributed by atoms with E-state index in [2.05, 4.69) is 10.6 Å². The summed E-state index contributed by atoms with van der Waals surface area (Å²) in [5, 5.41) is 6.12. The molecule has 0 aromatic heterocycles. The highest BCUT2D eigenvalue weighted by molar-refractivity contribution is 5.74. The summed E-state index contributed by atoms with van der Waals surface area (Å²) in [6.45, 7) is 0.646. The van der Waals surface area contributed by atoms with Crippen molar-refractivity contribution in [2.75, 3.05) is 6.54 Å². The van der Waals surface area contributed by atoms with Crippen molar-refractivity contribution >= 4 is 6.03 Å². The smallest absolute Gasteiger partial charge is 0.315 e. The lowest BCUT2D eigenvalue weighted by atomic mass is 9.82. The number of carbonyl (C=O) groups is 1. The maximum absolute atomic E-state index is 11.9. The van der Waals surface area contributed by atoms with E-state index >= 15 is 0 Å². The van der Waals surface area contributed by atoms with Gasteiger partial charge < -0.3 is 16.4 Å². The summed E-state index contributed by atoms with van der Waals surface area (Å²) in [5.74, 6) is 1.45. The second-order valence-electron chi connectivity index (χ2n) is 6.98. The zero-order chi connectivity index (χ0) is 13.3. The van der Waals surface area contributed by atoms with Gasteiger partial charge in [-0.3, -0.25) is 0 Å². The van der Waals surface area contributed by atoms with Crippen molar-refractivity contribution in [3.63, 3.8) is 0 Å². The quantitative estimate of drug-likeness (QED) is 0.732. The van der Waals surface area contributed by atoms with E-state index in [0.29, 0.717) is 18.5 Å². The molecule has 0 aliphatic heterocycles. The number of hydrogen-bond acceptors (Lipinski definition) is 2. The van der Waals surface area contributed by atoms with E-state index in [1.165, 1.54) is 38.5 Å². The van der Waals surface area contributed by atoms with Crippen LogP contribution >= 0.6 is 0 Å². The Hall–Kier alpha value is -0.770. The van der Waals surface area contributed by atoms with Crippen molar-refractivity contribution in [2.24, 2.45) is 17.6 Å². The number of fused-ring (bicyclic) bond motifs is 2. The molecular formula is C15H27N3O. The highest BCUT2D eigenvalue weighted by atomic mass is 16.2. The first kappa shape index (κ1) is 13.2. The molecule has 0 heterocycles. The Bertz CT molecular complexity index is 340. The SMILES string of the molecule is NC1(CNC(=O)NC2CCCCC2)CC2CCC1C2. The van der Waals surface area contributed by atoms with Crippen LogP contribution in [-0.2, 0) is 0 Å². The van der Waals surface area contributed by atoms with Gasteiger partial charge in [-0.05, 0) is 43.9 Å². The van der Waals surface area contributed by atoms with Gasteiger partial charge in [0, 0.05) is 18.1 Å². The molecule has 2 bridgehead atoms. The lowest BCUT2D eigenvalue weighted by Crippen LogP contribution is -2.56. The Morgan fingerprint density at radius 1 is 1.16 bits per heavy atom. The minimum absolute atomic E-state index is 0.0144. The standard InChI is InChI=1S/C15H27N3O/c16-15(9-11-6-7-12(15)8-11)10-17-14(19)18-13-4-2-1-3-5-13/h11-13H,1-10,16H2,(H2,17,18,19). The molecular weight excluding hydrogens is 238 g/mol. The van der Waals surface area contributed by atoms with Crippen molar-refractivity contribution in [1.29, 1.82) is 0 Å². The van der Waals surface area contributed by atoms with E-state index in [1.54, 1.807) is 0 Å². The van der Waals surface area contributed by atoms with Gasteiger partial charge in [0.25, 0.3) is 0 Å². The summed E-state index contributed by atoms with van der Waals surface area (Å²) >= 11 is 0. The van der Waals surface area contributed by atoms with E-state index in [-0.39, 0.29) is 11.6 Å². The fourth-order valence-electron chi connectivity index (χ4n) is 4.43. The summed E-state index contributed by atoms with van der Waals surface area (Å²) in [6.07, 6.45) is 11.0. The summed E-state index contributed by atoms with van der Waals surface area (Å²) in [4.78, 5) is 11.9. The van der Waals surface area contributed by atoms with Gasteiger partial charge in [0.2, 0.25) is 0 Å². The minimum Gasteiger partial charge on any atom is -0.336 e. The number of urea groups is 1. The van der Waals surface area contributed by atoms with Crippen LogP contribution in [0.25, 0.3) is 0 Å². The molecule has 3 aliphatic rings. The van der Waals surface area contributed by atoms with Crippen LogP contribution in [0.4, 0.5) is 4.79 Å². The molecule has 4 nitrogen and oxygen atoms in total. The maximum atomic E-state index is 11.9. The lowest BCUT2D eigenvalue weighted by molar-refractivity contribution is 0.219. The highest BCUT2D eigenvalue weighted by Gasteiger charge is 2.48. The van der Waals surface area contributed by atoms with Crippen molar-refractivity contribution in [2.45, 2.75) is 69.4 Å². The number of hydrogen-bond donors (Lipinski definition) is 3. The first-order valence-electron chi connectivity index (χ1n) is 7.99. The average molecular weight is 265 g/mol. The third kappa shape index (κ3) is 2.88. The minimum atomic E-state index is -0.132. The molecule has 4 N–H and O–H groups in total. The molecule has 0 radical (unpaired) electrons. The molecule has 3 aliphatic carbocycles. The normalized spacial score (nSPS) is 38.4. The van der Waals surface area contributed by atoms with Gasteiger partial charge in [0.15, 0.2) is 0 Å². The molecule has 0 saturated heterocycles. The van der Waals surface area contributed by atoms with Crippen LogP contribution in [-0.4, -0.2) is 24.2 Å². The zero-order valence-electron chi connectivity index (χ0n) is 11.8. The predicted octanol–water partition coefficient (Wildman–Crippen LogP) is 2.14. The Morgan fingerprint density at radius 3 is 2.58 bits per heavy atom. The lowest BCUT2D eigenvalue weighted by Gasteiger charge is -2.34. The number of nitrogens with one attached hydrogen (secondary N) is 2. The largest absolute Gasteiger partial charge is 0.336 e. The van der Waals surface area contributed by atoms with Gasteiger partial charge in [-0.25, -0.2) is 4.79 Å². The van der Waals surface area contributed by atoms with Crippen LogP contribution in [0.3, 0.4) is 0 Å². The van der Waals surface area contributed by atoms with E-state index < -0.39 is 0 Å². The molecule has 0 aromatic carbocycles. The molecule has 3 unspecified atom stereocenters. The number of carbonyl (C=O) groups excluding carboxylic acids is 1. The Morgan fingerprint density at radius 2 is 1.95 bits per heavy atom. The first-order chi connectivity index (χ1) is 9.16. The Kier molecular flexibility index (Phi) is 3.70. The predicted molar refractivity (Wildman–Crippen MR) is 75.8 cm³/mol. The van der Waals surface area contributed by atoms with Gasteiger partial charge in [0.1, 0.15) is 0 Å². The molecule has 3 saturated carbocycles. The Labute approximate surface area is 115 Å². The van der Waals surface area contributed by atoms with Crippen LogP contribution in [0.1, 0.15) is 57.8 Å². The van der Waals surface area contributed by atoms with Gasteiger partial charge >= 0.3 is 6.03 Å². The monoisotopic (exact) mass is 265 g/mol. The third-order valence-corrected chi connectivity index (χ3v) is 5.54. The van der Waals surface area contributed by atoms with Gasteiger partial charge in [-0.15, -0.1) is 0 Å². The van der Waals surface area contributed by atoms with Crippen LogP contribution in [0.2, 0.25) is 0 Å². The topological polar surface area (TPSA) is 67.1 Å². The molecule has 4 heteroatoms. The maximum Gasteiger partial charge on any atom is 0.315 e. The van der Waals surface area contributed by atoms with Crippen LogP contribution < -0.4 is 16.4 Å². The van der Waals surface area contributed by atoms with E-state index in [1.807, 2.05) is 0 Å². The summed E-state index contributed by atoms with van der Waals surface area (Å²) in [5.41, 5.74) is 6.35. The fraction of sp³-hybridized carbons (Fsp3) is 0.933. The summed E-state index contributed by atoms with van der Waals surface area (Å²) in [6, 6.07) is 0.363. The molecule has 3 rings (SSSR count). The number of rotatable bonds is 3. The molecule has 2 amide bonds. The second kappa shape index (κ2) is 5.31. The molecule has 0 spiro atoms. The van der Waals surface area contributed by atoms with E-state index in [0.717, 1.165) is 25.2 Å². The molecule has 3 atom stereocenters. The number of amides is 2. The van der Waals surface area contributed by atoms with Crippen molar-refractivity contribution in [3.8, 4) is 0 Å². The van der Waals surface area contributed by atoms with Crippen LogP contribution in [0.5, 0.6) is 0 Å². The molecule has 108 valence electrons. The van der Waals surface area contributed by atoms with Crippen LogP contribution in [0, 0.1) is 11.8 Å². The first-order valence-corrected chi connectivity index (χ1v) is 7.99. The van der Waals surface area contributed by atoms with E-state index in [4.69, 9.17) is 5.73 Å². The molecule has 19 heavy (non-hydrogen) atoms. The van der Waals surface area contributed by atoms with Crippen LogP contribution in [0.15, 0.2) is 0 Å². The van der Waals surface area contributed by atoms with Gasteiger partial charge in [0.05, 0.1) is 0 Å². The van der Waals surface area contributed by atoms with Crippen molar-refractivity contribution in [1.82, 2.24) is 10.6 Å². The third-order valence-electron chi connectivity index (χ3n) is 5.54. The van der Waals surface area contributed by atoms with Crippen molar-refractivity contribution in [3.05, 3.63) is 0 Å². The zero-order valence-corrected chi connectivity index (χ0v) is 11.8. The number of nitrogens with two attached hydrogens (primary N) is 1. The Balaban J connectivity index is 1.43. The summed E-state index contributed by atoms with van der Waals surface area (Å²) < 4.78 is 0. The highest BCUT2D eigenvalue weighted by Crippen LogP contribution is 2.49. The summed E-state index contributed by atoms with van der Waals surface area (Å²) in [7, 11) is 0. The molecule has 3 fully saturated rings. The van der Waals surface area contributed by atoms with E-state index in [9.17, 15) is 4.79 Å². The van der Waals surface area contributed by atoms with Crippen molar-refractivity contribution < 1.29 is 4.79 Å². The van der Waals surface area contributed by atoms with Gasteiger partial charge in [-0.1, -0.05) is 25.7 Å². The fourth-order valence-corrected chi connectivity index (χ4v) is 4.43.